The number of benzene rings is 2. The molecule has 0 atom stereocenters. The Morgan fingerprint density at radius 1 is 1.16 bits per heavy atom. The van der Waals surface area contributed by atoms with Gasteiger partial charge in [-0.3, -0.25) is 5.32 Å². The number of aryl methyl sites for hydroxylation is 1. The molecule has 0 aliphatic heterocycles. The van der Waals surface area contributed by atoms with Crippen LogP contribution in [0.15, 0.2) is 54.9 Å². The van der Waals surface area contributed by atoms with Crippen molar-refractivity contribution in [1.82, 2.24) is 14.8 Å². The summed E-state index contributed by atoms with van der Waals surface area (Å²) in [5.74, 6) is 1.21. The molecule has 2 aromatic carbocycles. The second-order valence-corrected chi connectivity index (χ2v) is 5.97. The van der Waals surface area contributed by atoms with E-state index in [0.29, 0.717) is 17.6 Å². The van der Waals surface area contributed by atoms with Crippen LogP contribution in [-0.4, -0.2) is 27.0 Å². The molecule has 0 bridgehead atoms. The lowest BCUT2D eigenvalue weighted by atomic mass is 10.1. The third-order valence-corrected chi connectivity index (χ3v) is 3.76. The zero-order valence-corrected chi connectivity index (χ0v) is 14.9. The molecule has 6 nitrogen and oxygen atoms in total. The zero-order chi connectivity index (χ0) is 17.6. The lowest BCUT2D eigenvalue weighted by Crippen LogP contribution is -2.20. The minimum Gasteiger partial charge on any atom is -0.497 e. The molecule has 0 amide bonds. The Hall–Kier alpha value is -2.93. The fourth-order valence-electron chi connectivity index (χ4n) is 2.27. The number of hydrogen-bond donors (Lipinski definition) is 2. The SMILES string of the molecule is COc1cccc(NC(=S)Nc2ncn(Cc3ccc(C)cc3)n2)c1. The second kappa shape index (κ2) is 7.76. The van der Waals surface area contributed by atoms with Crippen molar-refractivity contribution in [2.24, 2.45) is 0 Å². The summed E-state index contributed by atoms with van der Waals surface area (Å²) >= 11 is 5.30. The largest absolute Gasteiger partial charge is 0.497 e. The van der Waals surface area contributed by atoms with Gasteiger partial charge in [0, 0.05) is 11.8 Å². The number of methoxy groups -OCH3 is 1. The molecule has 0 radical (unpaired) electrons. The minimum atomic E-state index is 0.418. The van der Waals surface area contributed by atoms with Crippen LogP contribution in [0, 0.1) is 6.92 Å². The fraction of sp³-hybridized carbons (Fsp3) is 0.167. The van der Waals surface area contributed by atoms with Crippen molar-refractivity contribution in [3.8, 4) is 5.75 Å². The summed E-state index contributed by atoms with van der Waals surface area (Å²) in [6.45, 7) is 2.72. The van der Waals surface area contributed by atoms with Crippen LogP contribution >= 0.6 is 12.2 Å². The number of thiocarbonyl (C=S) groups is 1. The van der Waals surface area contributed by atoms with Crippen molar-refractivity contribution < 1.29 is 4.74 Å². The Kier molecular flexibility index (Phi) is 5.25. The summed E-state index contributed by atoms with van der Waals surface area (Å²) in [5, 5.41) is 10.9. The van der Waals surface area contributed by atoms with Crippen molar-refractivity contribution >= 4 is 29.0 Å². The van der Waals surface area contributed by atoms with Gasteiger partial charge in [-0.25, -0.2) is 9.67 Å². The van der Waals surface area contributed by atoms with Gasteiger partial charge >= 0.3 is 0 Å². The maximum Gasteiger partial charge on any atom is 0.248 e. The van der Waals surface area contributed by atoms with Crippen molar-refractivity contribution in [2.45, 2.75) is 13.5 Å². The van der Waals surface area contributed by atoms with E-state index in [9.17, 15) is 0 Å². The smallest absolute Gasteiger partial charge is 0.248 e. The lowest BCUT2D eigenvalue weighted by molar-refractivity contribution is 0.415. The molecule has 0 fully saturated rings. The summed E-state index contributed by atoms with van der Waals surface area (Å²) in [6, 6.07) is 15.8. The fourth-order valence-corrected chi connectivity index (χ4v) is 2.48. The molecule has 0 aliphatic rings. The molecule has 0 spiro atoms. The topological polar surface area (TPSA) is 64.0 Å². The van der Waals surface area contributed by atoms with Gasteiger partial charge in [0.2, 0.25) is 5.95 Å². The minimum absolute atomic E-state index is 0.418. The van der Waals surface area contributed by atoms with Crippen molar-refractivity contribution in [3.05, 3.63) is 66.0 Å². The molecule has 3 aromatic rings. The number of rotatable bonds is 5. The van der Waals surface area contributed by atoms with Gasteiger partial charge in [-0.1, -0.05) is 35.9 Å². The van der Waals surface area contributed by atoms with E-state index in [0.717, 1.165) is 11.4 Å². The first kappa shape index (κ1) is 16.9. The van der Waals surface area contributed by atoms with E-state index in [2.05, 4.69) is 51.9 Å². The number of aromatic nitrogens is 3. The van der Waals surface area contributed by atoms with Crippen molar-refractivity contribution in [3.63, 3.8) is 0 Å². The van der Waals surface area contributed by atoms with Crippen molar-refractivity contribution in [1.29, 1.82) is 0 Å². The van der Waals surface area contributed by atoms with Crippen molar-refractivity contribution in [2.75, 3.05) is 17.7 Å². The highest BCUT2D eigenvalue weighted by atomic mass is 32.1. The number of ether oxygens (including phenoxy) is 1. The normalized spacial score (nSPS) is 10.3. The predicted molar refractivity (Wildman–Crippen MR) is 103 cm³/mol. The summed E-state index contributed by atoms with van der Waals surface area (Å²) < 4.78 is 6.96. The maximum absolute atomic E-state index is 5.30. The molecule has 25 heavy (non-hydrogen) atoms. The van der Waals surface area contributed by atoms with Crippen LogP contribution in [0.25, 0.3) is 0 Å². The van der Waals surface area contributed by atoms with Crippen LogP contribution in [-0.2, 0) is 6.54 Å². The Morgan fingerprint density at radius 3 is 2.72 bits per heavy atom. The summed E-state index contributed by atoms with van der Waals surface area (Å²) in [5.41, 5.74) is 3.23. The molecular weight excluding hydrogens is 334 g/mol. The van der Waals surface area contributed by atoms with Gasteiger partial charge < -0.3 is 10.1 Å². The molecule has 2 N–H and O–H groups in total. The third kappa shape index (κ3) is 4.77. The first-order chi connectivity index (χ1) is 12.1. The van der Waals surface area contributed by atoms with Crippen LogP contribution in [0.4, 0.5) is 11.6 Å². The Morgan fingerprint density at radius 2 is 1.96 bits per heavy atom. The number of anilines is 2. The molecule has 7 heteroatoms. The van der Waals surface area contributed by atoms with Gasteiger partial charge in [-0.2, -0.15) is 0 Å². The molecule has 0 saturated heterocycles. The molecule has 0 aliphatic carbocycles. The highest BCUT2D eigenvalue weighted by Crippen LogP contribution is 2.16. The highest BCUT2D eigenvalue weighted by Gasteiger charge is 2.05. The standard InChI is InChI=1S/C18H19N5OS/c1-13-6-8-14(9-7-13)11-23-12-19-17(22-23)21-18(25)20-15-4-3-5-16(10-15)24-2/h3-10,12H,11H2,1-2H3,(H2,20,21,22,25). The van der Waals surface area contributed by atoms with Gasteiger partial charge in [-0.05, 0) is 36.8 Å². The third-order valence-electron chi connectivity index (χ3n) is 3.55. The van der Waals surface area contributed by atoms with E-state index in [4.69, 9.17) is 17.0 Å². The average Bonchev–Trinajstić information content (AvgIpc) is 3.04. The van der Waals surface area contributed by atoms with Gasteiger partial charge in [-0.15, -0.1) is 5.10 Å². The summed E-state index contributed by atoms with van der Waals surface area (Å²) in [6.07, 6.45) is 1.68. The molecule has 3 rings (SSSR count). The monoisotopic (exact) mass is 353 g/mol. The molecule has 1 aromatic heterocycles. The average molecular weight is 353 g/mol. The van der Waals surface area contributed by atoms with E-state index in [1.807, 2.05) is 24.3 Å². The first-order valence-electron chi connectivity index (χ1n) is 7.79. The van der Waals surface area contributed by atoms with E-state index < -0.39 is 0 Å². The molecule has 0 saturated carbocycles. The van der Waals surface area contributed by atoms with Crippen LogP contribution in [0.3, 0.4) is 0 Å². The lowest BCUT2D eigenvalue weighted by Gasteiger charge is -2.09. The predicted octanol–water partition coefficient (Wildman–Crippen LogP) is 3.45. The van der Waals surface area contributed by atoms with E-state index in [1.165, 1.54) is 11.1 Å². The van der Waals surface area contributed by atoms with Gasteiger partial charge in [0.1, 0.15) is 12.1 Å². The van der Waals surface area contributed by atoms with E-state index in [1.54, 1.807) is 18.1 Å². The molecule has 1 heterocycles. The number of nitrogens with zero attached hydrogens (tertiary/aromatic N) is 3. The molecular formula is C18H19N5OS. The first-order valence-corrected chi connectivity index (χ1v) is 8.20. The van der Waals surface area contributed by atoms with E-state index >= 15 is 0 Å². The van der Waals surface area contributed by atoms with E-state index in [-0.39, 0.29) is 0 Å². The van der Waals surface area contributed by atoms with Gasteiger partial charge in [0.05, 0.1) is 13.7 Å². The van der Waals surface area contributed by atoms with Crippen LogP contribution in [0.2, 0.25) is 0 Å². The van der Waals surface area contributed by atoms with Crippen LogP contribution in [0.1, 0.15) is 11.1 Å². The molecule has 128 valence electrons. The van der Waals surface area contributed by atoms with Gasteiger partial charge in [0.25, 0.3) is 0 Å². The van der Waals surface area contributed by atoms with Gasteiger partial charge in [0.15, 0.2) is 5.11 Å². The quantitative estimate of drug-likeness (QED) is 0.685. The molecule has 0 unspecified atom stereocenters. The Labute approximate surface area is 151 Å². The Bertz CT molecular complexity index is 860. The summed E-state index contributed by atoms with van der Waals surface area (Å²) in [4.78, 5) is 4.23. The van der Waals surface area contributed by atoms with Crippen LogP contribution < -0.4 is 15.4 Å². The summed E-state index contributed by atoms with van der Waals surface area (Å²) in [7, 11) is 1.63. The highest BCUT2D eigenvalue weighted by molar-refractivity contribution is 7.80. The zero-order valence-electron chi connectivity index (χ0n) is 14.1. The second-order valence-electron chi connectivity index (χ2n) is 5.56. The number of hydrogen-bond acceptors (Lipinski definition) is 4. The maximum atomic E-state index is 5.30. The Balaban J connectivity index is 1.58. The van der Waals surface area contributed by atoms with Crippen LogP contribution in [0.5, 0.6) is 5.75 Å². The number of nitrogens with one attached hydrogen (secondary N) is 2.